The van der Waals surface area contributed by atoms with Gasteiger partial charge in [-0.1, -0.05) is 60.9 Å². The molecule has 180 valence electrons. The van der Waals surface area contributed by atoms with Gasteiger partial charge in [-0.05, 0) is 53.3 Å². The number of aromatic nitrogens is 2. The number of rotatable bonds is 3. The average Bonchev–Trinajstić information content (AvgIpc) is 3.22. The molecule has 5 nitrogen and oxygen atoms in total. The van der Waals surface area contributed by atoms with Gasteiger partial charge in [0.2, 0.25) is 0 Å². The van der Waals surface area contributed by atoms with Gasteiger partial charge in [0, 0.05) is 23.4 Å². The highest BCUT2D eigenvalue weighted by molar-refractivity contribution is 6.33. The summed E-state index contributed by atoms with van der Waals surface area (Å²) in [5.74, 6) is -0.440. The first-order chi connectivity index (χ1) is 16.5. The van der Waals surface area contributed by atoms with Crippen LogP contribution in [0.15, 0.2) is 70.0 Å². The van der Waals surface area contributed by atoms with Crippen molar-refractivity contribution >= 4 is 23.0 Å². The number of para-hydroxylation sites is 1. The van der Waals surface area contributed by atoms with Gasteiger partial charge in [-0.15, -0.1) is 0 Å². The lowest BCUT2D eigenvalue weighted by Crippen LogP contribution is -2.38. The molecule has 0 saturated carbocycles. The Balaban J connectivity index is 1.62. The van der Waals surface area contributed by atoms with Crippen molar-refractivity contribution < 1.29 is 17.7 Å². The Morgan fingerprint density at radius 2 is 1.80 bits per heavy atom. The minimum Gasteiger partial charge on any atom is -0.340 e. The smallest absolute Gasteiger partial charge is 0.340 e. The van der Waals surface area contributed by atoms with Crippen LogP contribution in [0.3, 0.4) is 0 Å². The number of benzene rings is 3. The number of H-pyrrole nitrogens is 1. The molecule has 0 amide bonds. The molecular weight excluding hydrogens is 479 g/mol. The van der Waals surface area contributed by atoms with E-state index >= 15 is 0 Å². The quantitative estimate of drug-likeness (QED) is 0.327. The monoisotopic (exact) mass is 499 g/mol. The van der Waals surface area contributed by atoms with Crippen LogP contribution >= 0.6 is 11.6 Å². The summed E-state index contributed by atoms with van der Waals surface area (Å²) in [5, 5.41) is 4.08. The highest BCUT2D eigenvalue weighted by Gasteiger charge is 2.34. The van der Waals surface area contributed by atoms with Crippen LogP contribution in [0.5, 0.6) is 0 Å². The van der Waals surface area contributed by atoms with Crippen LogP contribution in [0.4, 0.5) is 24.5 Å². The molecule has 1 N–H and O–H groups in total. The molecule has 35 heavy (non-hydrogen) atoms. The molecule has 5 rings (SSSR count). The summed E-state index contributed by atoms with van der Waals surface area (Å²) >= 11 is 6.57. The van der Waals surface area contributed by atoms with Gasteiger partial charge in [-0.3, -0.25) is 9.51 Å². The summed E-state index contributed by atoms with van der Waals surface area (Å²) in [6, 6.07) is 16.6. The van der Waals surface area contributed by atoms with Gasteiger partial charge in [-0.25, -0.2) is 4.79 Å². The number of hydrogen-bond acceptors (Lipinski definition) is 4. The molecule has 4 aromatic rings. The van der Waals surface area contributed by atoms with Crippen molar-refractivity contribution in [3.63, 3.8) is 0 Å². The van der Waals surface area contributed by atoms with Crippen LogP contribution < -0.4 is 10.7 Å². The van der Waals surface area contributed by atoms with Gasteiger partial charge in [0.15, 0.2) is 5.82 Å². The molecule has 0 unspecified atom stereocenters. The van der Waals surface area contributed by atoms with Crippen molar-refractivity contribution in [2.24, 2.45) is 5.41 Å². The molecule has 0 saturated heterocycles. The van der Waals surface area contributed by atoms with Crippen LogP contribution in [-0.2, 0) is 12.6 Å². The normalized spacial score (nSPS) is 15.2. The Bertz CT molecular complexity index is 1460. The largest absolute Gasteiger partial charge is 0.439 e. The molecule has 1 aliphatic rings. The third-order valence-corrected chi connectivity index (χ3v) is 6.44. The molecule has 1 aromatic heterocycles. The van der Waals surface area contributed by atoms with E-state index in [0.29, 0.717) is 22.7 Å². The van der Waals surface area contributed by atoms with Gasteiger partial charge >= 0.3 is 11.9 Å². The lowest BCUT2D eigenvalue weighted by molar-refractivity contribution is -0.137. The summed E-state index contributed by atoms with van der Waals surface area (Å²) < 4.78 is 43.9. The van der Waals surface area contributed by atoms with Gasteiger partial charge in [0.25, 0.3) is 0 Å². The zero-order valence-electron chi connectivity index (χ0n) is 18.9. The summed E-state index contributed by atoms with van der Waals surface area (Å²) in [6.45, 7) is 5.02. The molecule has 3 aromatic carbocycles. The molecular formula is C26H21ClF3N3O2. The first-order valence-electron chi connectivity index (χ1n) is 10.9. The second kappa shape index (κ2) is 8.30. The molecule has 0 fully saturated rings. The van der Waals surface area contributed by atoms with Gasteiger partial charge in [0.1, 0.15) is 0 Å². The minimum atomic E-state index is -4.39. The Labute approximate surface area is 204 Å². The van der Waals surface area contributed by atoms with Gasteiger partial charge < -0.3 is 4.90 Å². The fourth-order valence-corrected chi connectivity index (χ4v) is 4.90. The van der Waals surface area contributed by atoms with Crippen LogP contribution in [0.2, 0.25) is 5.02 Å². The molecule has 0 bridgehead atoms. The summed E-state index contributed by atoms with van der Waals surface area (Å²) in [7, 11) is 0. The number of halogens is 4. The number of anilines is 2. The van der Waals surface area contributed by atoms with Crippen LogP contribution in [0.25, 0.3) is 22.5 Å². The van der Waals surface area contributed by atoms with E-state index in [0.717, 1.165) is 41.1 Å². The first kappa shape index (κ1) is 23.2. The number of alkyl halides is 3. The van der Waals surface area contributed by atoms with E-state index < -0.39 is 17.5 Å². The Morgan fingerprint density at radius 1 is 1.06 bits per heavy atom. The summed E-state index contributed by atoms with van der Waals surface area (Å²) in [6.07, 6.45) is -3.57. The maximum absolute atomic E-state index is 13.1. The van der Waals surface area contributed by atoms with E-state index in [4.69, 9.17) is 11.6 Å². The molecule has 0 spiro atoms. The number of hydrogen-bond donors (Lipinski definition) is 1. The molecule has 0 aliphatic carbocycles. The SMILES string of the molecule is CC1(C)Cc2cccc(-c3ccc(C(F)(F)F)cc3)c2N(c2ccc(-c3noc(=O)[nH]3)c(Cl)c2)C1. The summed E-state index contributed by atoms with van der Waals surface area (Å²) in [5.41, 5.74) is 4.16. The molecule has 2 heterocycles. The van der Waals surface area contributed by atoms with Crippen LogP contribution in [-0.4, -0.2) is 16.7 Å². The predicted octanol–water partition coefficient (Wildman–Crippen LogP) is 7.09. The first-order valence-corrected chi connectivity index (χ1v) is 11.3. The average molecular weight is 500 g/mol. The van der Waals surface area contributed by atoms with Gasteiger partial charge in [0.05, 0.1) is 16.3 Å². The van der Waals surface area contributed by atoms with E-state index in [2.05, 4.69) is 33.4 Å². The van der Waals surface area contributed by atoms with Crippen LogP contribution in [0.1, 0.15) is 25.0 Å². The number of fused-ring (bicyclic) bond motifs is 1. The lowest BCUT2D eigenvalue weighted by Gasteiger charge is -2.42. The van der Waals surface area contributed by atoms with Crippen molar-refractivity contribution in [1.82, 2.24) is 10.1 Å². The Hall–Kier alpha value is -3.52. The zero-order valence-corrected chi connectivity index (χ0v) is 19.7. The lowest BCUT2D eigenvalue weighted by atomic mass is 9.79. The molecule has 0 radical (unpaired) electrons. The maximum Gasteiger partial charge on any atom is 0.439 e. The summed E-state index contributed by atoms with van der Waals surface area (Å²) in [4.78, 5) is 16.0. The van der Waals surface area contributed by atoms with E-state index in [1.807, 2.05) is 24.3 Å². The Kier molecular flexibility index (Phi) is 5.51. The van der Waals surface area contributed by atoms with Crippen molar-refractivity contribution in [3.8, 4) is 22.5 Å². The number of aromatic amines is 1. The van der Waals surface area contributed by atoms with E-state index in [1.54, 1.807) is 12.1 Å². The van der Waals surface area contributed by atoms with Crippen molar-refractivity contribution in [1.29, 1.82) is 0 Å². The van der Waals surface area contributed by atoms with Crippen molar-refractivity contribution in [2.45, 2.75) is 26.4 Å². The second-order valence-electron chi connectivity index (χ2n) is 9.42. The van der Waals surface area contributed by atoms with E-state index in [1.165, 1.54) is 12.1 Å². The zero-order chi connectivity index (χ0) is 25.0. The van der Waals surface area contributed by atoms with Gasteiger partial charge in [-0.2, -0.15) is 13.2 Å². The van der Waals surface area contributed by atoms with E-state index in [-0.39, 0.29) is 11.2 Å². The third-order valence-electron chi connectivity index (χ3n) is 6.13. The predicted molar refractivity (Wildman–Crippen MR) is 129 cm³/mol. The van der Waals surface area contributed by atoms with Crippen molar-refractivity contribution in [3.05, 3.63) is 87.4 Å². The van der Waals surface area contributed by atoms with Crippen molar-refractivity contribution in [2.75, 3.05) is 11.4 Å². The standard InChI is InChI=1S/C26H21ClF3N3O2/c1-25(2)13-16-4-3-5-19(15-6-8-17(9-7-15)26(28,29)30)22(16)33(14-25)18-10-11-20(21(27)12-18)23-31-24(34)35-32-23/h3-12H,13-14H2,1-2H3,(H,31,32,34). The van der Waals surface area contributed by atoms with E-state index in [9.17, 15) is 18.0 Å². The fourth-order valence-electron chi connectivity index (χ4n) is 4.63. The Morgan fingerprint density at radius 3 is 2.43 bits per heavy atom. The third kappa shape index (κ3) is 4.46. The highest BCUT2D eigenvalue weighted by atomic mass is 35.5. The topological polar surface area (TPSA) is 62.1 Å². The fraction of sp³-hybridized carbons (Fsp3) is 0.231. The molecule has 9 heteroatoms. The molecule has 0 atom stereocenters. The molecule has 1 aliphatic heterocycles. The highest BCUT2D eigenvalue weighted by Crippen LogP contribution is 2.46. The number of nitrogens with one attached hydrogen (secondary N) is 1. The van der Waals surface area contributed by atoms with Crippen LogP contribution in [0, 0.1) is 5.41 Å². The maximum atomic E-state index is 13.1. The second-order valence-corrected chi connectivity index (χ2v) is 9.83. The number of nitrogens with zero attached hydrogens (tertiary/aromatic N) is 2. The minimum absolute atomic E-state index is 0.0612.